The molecule has 1 aromatic heterocycles. The zero-order chi connectivity index (χ0) is 21.1. The molecule has 6 nitrogen and oxygen atoms in total. The van der Waals surface area contributed by atoms with Crippen LogP contribution in [-0.2, 0) is 4.79 Å². The Hall–Kier alpha value is -3.19. The van der Waals surface area contributed by atoms with Gasteiger partial charge in [0, 0.05) is 34.0 Å². The van der Waals surface area contributed by atoms with E-state index in [4.69, 9.17) is 4.74 Å². The molecule has 3 aromatic rings. The smallest absolute Gasteiger partial charge is 0.257 e. The van der Waals surface area contributed by atoms with Gasteiger partial charge in [-0.15, -0.1) is 0 Å². The number of pyridine rings is 1. The molecule has 2 amide bonds. The number of carbonyl (C=O) groups is 2. The number of aromatic nitrogens is 1. The van der Waals surface area contributed by atoms with Crippen LogP contribution in [0.1, 0.15) is 28.8 Å². The molecular weight excluding hydrogens is 446 g/mol. The summed E-state index contributed by atoms with van der Waals surface area (Å²) < 4.78 is 6.60. The van der Waals surface area contributed by atoms with Gasteiger partial charge in [0.25, 0.3) is 5.91 Å². The highest BCUT2D eigenvalue weighted by molar-refractivity contribution is 9.10. The average Bonchev–Trinajstić information content (AvgIpc) is 3.56. The van der Waals surface area contributed by atoms with E-state index in [1.165, 1.54) is 6.20 Å². The van der Waals surface area contributed by atoms with Crippen molar-refractivity contribution in [2.24, 2.45) is 5.92 Å². The van der Waals surface area contributed by atoms with Gasteiger partial charge in [0.1, 0.15) is 5.75 Å². The molecule has 0 spiro atoms. The molecule has 2 aromatic carbocycles. The second-order valence-corrected chi connectivity index (χ2v) is 8.11. The SMILES string of the molecule is Cc1ccc(NC(=O)C2CC2)cc1NC(=O)c1ccc(Oc2cccc(Br)c2)nc1. The van der Waals surface area contributed by atoms with E-state index in [0.29, 0.717) is 28.6 Å². The molecule has 0 atom stereocenters. The standard InChI is InChI=1S/C23H20BrN3O3/c1-14-5-9-18(26-22(28)15-6-7-15)12-20(14)27-23(29)16-8-10-21(25-13-16)30-19-4-2-3-17(24)11-19/h2-5,8-13,15H,6-7H2,1H3,(H,26,28)(H,27,29). The number of hydrogen-bond donors (Lipinski definition) is 2. The van der Waals surface area contributed by atoms with Gasteiger partial charge in [-0.25, -0.2) is 4.98 Å². The van der Waals surface area contributed by atoms with Gasteiger partial charge in [-0.05, 0) is 61.7 Å². The third-order valence-electron chi connectivity index (χ3n) is 4.72. The Balaban J connectivity index is 1.42. The highest BCUT2D eigenvalue weighted by Crippen LogP contribution is 2.31. The summed E-state index contributed by atoms with van der Waals surface area (Å²) in [6.07, 6.45) is 3.35. The minimum atomic E-state index is -0.287. The number of amides is 2. The second-order valence-electron chi connectivity index (χ2n) is 7.19. The second kappa shape index (κ2) is 8.67. The zero-order valence-corrected chi connectivity index (χ0v) is 17.9. The molecule has 0 unspecified atom stereocenters. The van der Waals surface area contributed by atoms with Gasteiger partial charge < -0.3 is 15.4 Å². The molecule has 1 heterocycles. The summed E-state index contributed by atoms with van der Waals surface area (Å²) in [5.41, 5.74) is 2.62. The number of halogens is 1. The first-order valence-electron chi connectivity index (χ1n) is 9.60. The summed E-state index contributed by atoms with van der Waals surface area (Å²) in [7, 11) is 0. The normalized spacial score (nSPS) is 12.9. The van der Waals surface area contributed by atoms with Crippen LogP contribution >= 0.6 is 15.9 Å². The van der Waals surface area contributed by atoms with Crippen LogP contribution in [0, 0.1) is 12.8 Å². The van der Waals surface area contributed by atoms with Crippen LogP contribution in [0.4, 0.5) is 11.4 Å². The minimum absolute atomic E-state index is 0.0290. The summed E-state index contributed by atoms with van der Waals surface area (Å²) in [6, 6.07) is 16.2. The Bertz CT molecular complexity index is 1100. The first-order chi connectivity index (χ1) is 14.5. The van der Waals surface area contributed by atoms with E-state index in [1.807, 2.05) is 43.3 Å². The summed E-state index contributed by atoms with van der Waals surface area (Å²) in [4.78, 5) is 28.8. The molecule has 7 heteroatoms. The first-order valence-corrected chi connectivity index (χ1v) is 10.4. The molecule has 4 rings (SSSR count). The van der Waals surface area contributed by atoms with Crippen molar-refractivity contribution in [3.8, 4) is 11.6 Å². The summed E-state index contributed by atoms with van der Waals surface area (Å²) >= 11 is 3.40. The van der Waals surface area contributed by atoms with Crippen molar-refractivity contribution >= 4 is 39.1 Å². The molecule has 0 saturated heterocycles. The maximum atomic E-state index is 12.6. The Morgan fingerprint density at radius 2 is 1.90 bits per heavy atom. The topological polar surface area (TPSA) is 80.3 Å². The molecule has 1 fully saturated rings. The van der Waals surface area contributed by atoms with Gasteiger partial charge in [-0.1, -0.05) is 28.1 Å². The molecule has 30 heavy (non-hydrogen) atoms. The Labute approximate surface area is 182 Å². The molecule has 152 valence electrons. The van der Waals surface area contributed by atoms with E-state index in [1.54, 1.807) is 18.2 Å². The maximum absolute atomic E-state index is 12.6. The Morgan fingerprint density at radius 3 is 2.60 bits per heavy atom. The van der Waals surface area contributed by atoms with Crippen molar-refractivity contribution in [3.63, 3.8) is 0 Å². The van der Waals surface area contributed by atoms with Crippen LogP contribution in [0.25, 0.3) is 0 Å². The Morgan fingerprint density at radius 1 is 1.07 bits per heavy atom. The highest BCUT2D eigenvalue weighted by atomic mass is 79.9. The predicted octanol–water partition coefficient (Wildman–Crippen LogP) is 5.55. The molecule has 0 bridgehead atoms. The van der Waals surface area contributed by atoms with Crippen molar-refractivity contribution in [2.75, 3.05) is 10.6 Å². The van der Waals surface area contributed by atoms with Crippen molar-refractivity contribution in [1.82, 2.24) is 4.98 Å². The van der Waals surface area contributed by atoms with Gasteiger partial charge in [0.15, 0.2) is 0 Å². The van der Waals surface area contributed by atoms with Crippen LogP contribution in [0.2, 0.25) is 0 Å². The summed E-state index contributed by atoms with van der Waals surface area (Å²) in [5, 5.41) is 5.78. The summed E-state index contributed by atoms with van der Waals surface area (Å²) in [5.74, 6) is 0.903. The number of benzene rings is 2. The largest absolute Gasteiger partial charge is 0.439 e. The lowest BCUT2D eigenvalue weighted by molar-refractivity contribution is -0.117. The van der Waals surface area contributed by atoms with Crippen molar-refractivity contribution in [3.05, 3.63) is 76.4 Å². The summed E-state index contributed by atoms with van der Waals surface area (Å²) in [6.45, 7) is 1.90. The fraction of sp³-hybridized carbons (Fsp3) is 0.174. The van der Waals surface area contributed by atoms with Gasteiger partial charge in [-0.3, -0.25) is 9.59 Å². The number of aryl methyl sites for hydroxylation is 1. The third kappa shape index (κ3) is 5.04. The third-order valence-corrected chi connectivity index (χ3v) is 5.21. The van der Waals surface area contributed by atoms with Crippen molar-refractivity contribution < 1.29 is 14.3 Å². The number of rotatable bonds is 6. The van der Waals surface area contributed by atoms with E-state index in [-0.39, 0.29) is 17.7 Å². The van der Waals surface area contributed by atoms with Gasteiger partial charge in [-0.2, -0.15) is 0 Å². The monoisotopic (exact) mass is 465 g/mol. The molecule has 2 N–H and O–H groups in total. The predicted molar refractivity (Wildman–Crippen MR) is 119 cm³/mol. The Kier molecular flexibility index (Phi) is 5.81. The number of anilines is 2. The molecule has 0 aliphatic heterocycles. The van der Waals surface area contributed by atoms with Gasteiger partial charge in [0.05, 0.1) is 5.56 Å². The number of ether oxygens (including phenoxy) is 1. The van der Waals surface area contributed by atoms with Gasteiger partial charge >= 0.3 is 0 Å². The van der Waals surface area contributed by atoms with Crippen LogP contribution in [0.15, 0.2) is 65.3 Å². The maximum Gasteiger partial charge on any atom is 0.257 e. The van der Waals surface area contributed by atoms with E-state index in [0.717, 1.165) is 22.9 Å². The molecule has 0 radical (unpaired) electrons. The zero-order valence-electron chi connectivity index (χ0n) is 16.3. The molecule has 1 saturated carbocycles. The van der Waals surface area contributed by atoms with Crippen LogP contribution in [-0.4, -0.2) is 16.8 Å². The van der Waals surface area contributed by atoms with E-state index < -0.39 is 0 Å². The fourth-order valence-electron chi connectivity index (χ4n) is 2.84. The van der Waals surface area contributed by atoms with E-state index in [9.17, 15) is 9.59 Å². The number of nitrogens with one attached hydrogen (secondary N) is 2. The van der Waals surface area contributed by atoms with Crippen LogP contribution in [0.5, 0.6) is 11.6 Å². The van der Waals surface area contributed by atoms with Gasteiger partial charge in [0.2, 0.25) is 11.8 Å². The lowest BCUT2D eigenvalue weighted by Crippen LogP contribution is -2.15. The van der Waals surface area contributed by atoms with E-state index >= 15 is 0 Å². The van der Waals surface area contributed by atoms with E-state index in [2.05, 4.69) is 31.5 Å². The van der Waals surface area contributed by atoms with Crippen LogP contribution < -0.4 is 15.4 Å². The lowest BCUT2D eigenvalue weighted by Gasteiger charge is -2.12. The highest BCUT2D eigenvalue weighted by Gasteiger charge is 2.29. The molecular formula is C23H20BrN3O3. The number of carbonyl (C=O) groups excluding carboxylic acids is 2. The van der Waals surface area contributed by atoms with Crippen molar-refractivity contribution in [2.45, 2.75) is 19.8 Å². The number of nitrogens with zero attached hydrogens (tertiary/aromatic N) is 1. The van der Waals surface area contributed by atoms with Crippen LogP contribution in [0.3, 0.4) is 0 Å². The number of hydrogen-bond acceptors (Lipinski definition) is 4. The fourth-order valence-corrected chi connectivity index (χ4v) is 3.22. The average molecular weight is 466 g/mol. The minimum Gasteiger partial charge on any atom is -0.439 e. The first kappa shape index (κ1) is 20.1. The molecule has 1 aliphatic carbocycles. The lowest BCUT2D eigenvalue weighted by atomic mass is 10.1. The molecule has 1 aliphatic rings. The quantitative estimate of drug-likeness (QED) is 0.500. The van der Waals surface area contributed by atoms with Crippen molar-refractivity contribution in [1.29, 1.82) is 0 Å².